The van der Waals surface area contributed by atoms with Crippen LogP contribution in [0.2, 0.25) is 0 Å². The van der Waals surface area contributed by atoms with Gasteiger partial charge in [-0.25, -0.2) is 9.59 Å². The summed E-state index contributed by atoms with van der Waals surface area (Å²) in [5, 5.41) is 2.42. The molecule has 0 atom stereocenters. The van der Waals surface area contributed by atoms with E-state index in [1.807, 2.05) is 0 Å². The smallest absolute Gasteiger partial charge is 0.344 e. The van der Waals surface area contributed by atoms with Gasteiger partial charge in [0.15, 0.2) is 0 Å². The van der Waals surface area contributed by atoms with E-state index < -0.39 is 31.0 Å². The van der Waals surface area contributed by atoms with Crippen LogP contribution in [0.3, 0.4) is 0 Å². The molecular formula is C21H32NO8P. The zero-order valence-electron chi connectivity index (χ0n) is 18.8. The highest BCUT2D eigenvalue weighted by Crippen LogP contribution is 2.51. The van der Waals surface area contributed by atoms with Gasteiger partial charge < -0.3 is 23.8 Å². The number of nitrogens with one attached hydrogen (secondary N) is 1. The summed E-state index contributed by atoms with van der Waals surface area (Å²) < 4.78 is 33.5. The van der Waals surface area contributed by atoms with Crippen molar-refractivity contribution in [2.75, 3.05) is 26.4 Å². The molecule has 0 bridgehead atoms. The summed E-state index contributed by atoms with van der Waals surface area (Å²) in [5.41, 5.74) is -0.738. The first-order valence-electron chi connectivity index (χ1n) is 10.2. The number of hydrogen-bond acceptors (Lipinski definition) is 8. The molecule has 9 nitrogen and oxygen atoms in total. The number of esters is 2. The molecule has 10 heteroatoms. The van der Waals surface area contributed by atoms with Crippen molar-refractivity contribution in [1.29, 1.82) is 0 Å². The van der Waals surface area contributed by atoms with Crippen LogP contribution in [0.25, 0.3) is 0 Å². The molecule has 0 aliphatic heterocycles. The second-order valence-electron chi connectivity index (χ2n) is 6.63. The summed E-state index contributed by atoms with van der Waals surface area (Å²) in [4.78, 5) is 37.2. The molecule has 0 aliphatic rings. The van der Waals surface area contributed by atoms with Crippen LogP contribution in [0.4, 0.5) is 0 Å². The molecule has 0 heterocycles. The van der Waals surface area contributed by atoms with Gasteiger partial charge in [0.2, 0.25) is 11.4 Å². The maximum atomic E-state index is 12.7. The molecule has 1 N–H and O–H groups in total. The van der Waals surface area contributed by atoms with Gasteiger partial charge >= 0.3 is 19.5 Å². The summed E-state index contributed by atoms with van der Waals surface area (Å²) >= 11 is 0. The van der Waals surface area contributed by atoms with Gasteiger partial charge in [-0.3, -0.25) is 9.36 Å². The van der Waals surface area contributed by atoms with E-state index in [-0.39, 0.29) is 39.0 Å². The van der Waals surface area contributed by atoms with Crippen LogP contribution in [-0.4, -0.2) is 49.8 Å². The number of amides is 1. The van der Waals surface area contributed by atoms with Crippen molar-refractivity contribution in [3.05, 3.63) is 35.4 Å². The highest BCUT2D eigenvalue weighted by molar-refractivity contribution is 7.53. The summed E-state index contributed by atoms with van der Waals surface area (Å²) in [6.45, 7) is 8.46. The van der Waals surface area contributed by atoms with E-state index in [1.54, 1.807) is 52.0 Å². The number of ether oxygens (including phenoxy) is 2. The van der Waals surface area contributed by atoms with Gasteiger partial charge in [0, 0.05) is 13.3 Å². The zero-order valence-corrected chi connectivity index (χ0v) is 19.7. The summed E-state index contributed by atoms with van der Waals surface area (Å²) in [5.74, 6) is -2.37. The molecule has 0 saturated carbocycles. The summed E-state index contributed by atoms with van der Waals surface area (Å²) in [7, 11) is -3.27. The number of carbonyl (C=O) groups is 3. The average molecular weight is 457 g/mol. The minimum absolute atomic E-state index is 0.0304. The Hall–Kier alpha value is -2.22. The predicted octanol–water partition coefficient (Wildman–Crippen LogP) is 3.00. The number of benzene rings is 1. The third kappa shape index (κ3) is 7.76. The van der Waals surface area contributed by atoms with Crippen LogP contribution in [0.1, 0.15) is 45.7 Å². The van der Waals surface area contributed by atoms with Crippen molar-refractivity contribution in [2.45, 2.75) is 52.7 Å². The minimum Gasteiger partial charge on any atom is -0.464 e. The quantitative estimate of drug-likeness (QED) is 0.273. The van der Waals surface area contributed by atoms with E-state index in [9.17, 15) is 18.9 Å². The molecule has 0 fully saturated rings. The summed E-state index contributed by atoms with van der Waals surface area (Å²) in [6.07, 6.45) is -0.0827. The van der Waals surface area contributed by atoms with E-state index in [2.05, 4.69) is 5.32 Å². The highest BCUT2D eigenvalue weighted by Gasteiger charge is 2.50. The zero-order chi connectivity index (χ0) is 23.5. The second-order valence-corrected chi connectivity index (χ2v) is 8.68. The highest BCUT2D eigenvalue weighted by atomic mass is 31.2. The van der Waals surface area contributed by atoms with Crippen molar-refractivity contribution in [3.8, 4) is 0 Å². The fourth-order valence-corrected chi connectivity index (χ4v) is 4.70. The Morgan fingerprint density at radius 1 is 0.839 bits per heavy atom. The van der Waals surface area contributed by atoms with Crippen molar-refractivity contribution in [3.63, 3.8) is 0 Å². The molecule has 174 valence electrons. The maximum Gasteiger partial charge on any atom is 0.344 e. The van der Waals surface area contributed by atoms with Crippen LogP contribution < -0.4 is 5.32 Å². The number of hydrogen-bond donors (Lipinski definition) is 1. The molecule has 1 aromatic rings. The minimum atomic E-state index is -3.27. The lowest BCUT2D eigenvalue weighted by atomic mass is 9.90. The third-order valence-electron chi connectivity index (χ3n) is 4.16. The molecule has 1 amide bonds. The first-order chi connectivity index (χ1) is 14.7. The first-order valence-corrected chi connectivity index (χ1v) is 12.0. The Balaban J connectivity index is 3.22. The molecule has 1 aromatic carbocycles. The lowest BCUT2D eigenvalue weighted by Crippen LogP contribution is -2.62. The first kappa shape index (κ1) is 26.8. The SMILES string of the molecule is CCOC(=O)C(Cc1ccc(CP(=O)(OCC)OCC)cc1)(NC(C)=O)C(=O)OCC. The van der Waals surface area contributed by atoms with Gasteiger partial charge in [-0.2, -0.15) is 0 Å². The number of rotatable bonds is 13. The molecule has 0 aromatic heterocycles. The van der Waals surface area contributed by atoms with Gasteiger partial charge in [-0.1, -0.05) is 24.3 Å². The largest absolute Gasteiger partial charge is 0.464 e. The van der Waals surface area contributed by atoms with E-state index in [0.717, 1.165) is 0 Å². The van der Waals surface area contributed by atoms with Gasteiger partial charge in [0.25, 0.3) is 0 Å². The lowest BCUT2D eigenvalue weighted by Gasteiger charge is -2.29. The van der Waals surface area contributed by atoms with Gasteiger partial charge in [0.1, 0.15) is 0 Å². The predicted molar refractivity (Wildman–Crippen MR) is 115 cm³/mol. The van der Waals surface area contributed by atoms with Crippen molar-refractivity contribution in [1.82, 2.24) is 5.32 Å². The normalized spacial score (nSPS) is 11.6. The fourth-order valence-electron chi connectivity index (χ4n) is 3.00. The molecule has 1 rings (SSSR count). The standard InChI is InChI=1S/C21H32NO8P/c1-6-27-19(24)21(22-16(5)23,20(25)28-7-2)14-17-10-12-18(13-11-17)15-31(26,29-8-3)30-9-4/h10-13H,6-9,14-15H2,1-5H3,(H,22,23). The molecule has 0 radical (unpaired) electrons. The Bertz CT molecular complexity index is 765. The lowest BCUT2D eigenvalue weighted by molar-refractivity contribution is -0.168. The number of carbonyl (C=O) groups excluding carboxylic acids is 3. The van der Waals surface area contributed by atoms with E-state index in [4.69, 9.17) is 18.5 Å². The second kappa shape index (κ2) is 12.6. The Kier molecular flexibility index (Phi) is 10.9. The molecule has 0 spiro atoms. The monoisotopic (exact) mass is 457 g/mol. The third-order valence-corrected chi connectivity index (χ3v) is 6.21. The Morgan fingerprint density at radius 3 is 1.68 bits per heavy atom. The van der Waals surface area contributed by atoms with Crippen LogP contribution in [0.15, 0.2) is 24.3 Å². The molecular weight excluding hydrogens is 425 g/mol. The van der Waals surface area contributed by atoms with Crippen LogP contribution in [0.5, 0.6) is 0 Å². The van der Waals surface area contributed by atoms with Crippen molar-refractivity contribution in [2.24, 2.45) is 0 Å². The molecule has 0 unspecified atom stereocenters. The maximum absolute atomic E-state index is 12.7. The Morgan fingerprint density at radius 2 is 1.29 bits per heavy atom. The van der Waals surface area contributed by atoms with Gasteiger partial charge in [-0.15, -0.1) is 0 Å². The molecule has 0 saturated heterocycles. The molecule has 31 heavy (non-hydrogen) atoms. The van der Waals surface area contributed by atoms with Crippen LogP contribution in [0, 0.1) is 0 Å². The fraction of sp³-hybridized carbons (Fsp3) is 0.571. The van der Waals surface area contributed by atoms with Gasteiger partial charge in [-0.05, 0) is 38.8 Å². The van der Waals surface area contributed by atoms with Crippen molar-refractivity contribution < 1.29 is 37.5 Å². The topological polar surface area (TPSA) is 117 Å². The van der Waals surface area contributed by atoms with Crippen molar-refractivity contribution >= 4 is 25.4 Å². The van der Waals surface area contributed by atoms with Gasteiger partial charge in [0.05, 0.1) is 32.6 Å². The van der Waals surface area contributed by atoms with Crippen LogP contribution >= 0.6 is 7.60 Å². The van der Waals surface area contributed by atoms with E-state index in [1.165, 1.54) is 6.92 Å². The molecule has 0 aliphatic carbocycles. The van der Waals surface area contributed by atoms with Crippen LogP contribution in [-0.2, 0) is 50.1 Å². The van der Waals surface area contributed by atoms with E-state index >= 15 is 0 Å². The Labute approximate surface area is 183 Å². The summed E-state index contributed by atoms with van der Waals surface area (Å²) in [6, 6.07) is 6.75. The average Bonchev–Trinajstić information content (AvgIpc) is 2.69. The van der Waals surface area contributed by atoms with E-state index in [0.29, 0.717) is 11.1 Å².